The summed E-state index contributed by atoms with van der Waals surface area (Å²) in [6.45, 7) is 2.79. The predicted octanol–water partition coefficient (Wildman–Crippen LogP) is 4.11. The molecule has 0 unspecified atom stereocenters. The summed E-state index contributed by atoms with van der Waals surface area (Å²) in [6, 6.07) is 12.9. The van der Waals surface area contributed by atoms with Gasteiger partial charge < -0.3 is 15.4 Å². The fourth-order valence-electron chi connectivity index (χ4n) is 3.42. The average molecular weight is 458 g/mol. The van der Waals surface area contributed by atoms with E-state index in [0.717, 1.165) is 12.8 Å². The number of nitrogens with zero attached hydrogens (tertiary/aromatic N) is 4. The van der Waals surface area contributed by atoms with E-state index in [1.165, 1.54) is 18.2 Å². The van der Waals surface area contributed by atoms with Gasteiger partial charge in [-0.15, -0.1) is 23.4 Å². The zero-order valence-corrected chi connectivity index (χ0v) is 17.7. The second-order valence-electron chi connectivity index (χ2n) is 7.32. The molecular weight excluding hydrogens is 437 g/mol. The first-order chi connectivity index (χ1) is 15.8. The van der Waals surface area contributed by atoms with Gasteiger partial charge in [-0.25, -0.2) is 4.98 Å². The minimum absolute atomic E-state index is 0.128. The highest BCUT2D eigenvalue weighted by Gasteiger charge is 2.31. The normalized spacial score (nSPS) is 11.6. The van der Waals surface area contributed by atoms with Crippen LogP contribution < -0.4 is 15.4 Å². The summed E-state index contributed by atoms with van der Waals surface area (Å²) in [7, 11) is 0. The molecule has 2 heterocycles. The monoisotopic (exact) mass is 458 g/mol. The standard InChI is InChI=1S/C22H21F3N6O2/c1-14-29-30-20-19(26-11-5-6-12-27-21(32)15-7-3-2-4-8-15)28-17-13-16(33-22(23,24)25)9-10-18(17)31(14)20/h2-4,7-10,13H,5-6,11-12H2,1H3,(H,26,28)(H,27,32). The number of hydrogen-bond donors (Lipinski definition) is 2. The van der Waals surface area contributed by atoms with E-state index in [0.29, 0.717) is 47.0 Å². The van der Waals surface area contributed by atoms with Gasteiger partial charge in [-0.1, -0.05) is 18.2 Å². The smallest absolute Gasteiger partial charge is 0.406 e. The lowest BCUT2D eigenvalue weighted by molar-refractivity contribution is -0.274. The largest absolute Gasteiger partial charge is 0.573 e. The molecule has 172 valence electrons. The molecule has 0 spiro atoms. The lowest BCUT2D eigenvalue weighted by Gasteiger charge is -2.12. The molecule has 0 fully saturated rings. The van der Waals surface area contributed by atoms with Crippen LogP contribution in [0, 0.1) is 6.92 Å². The zero-order valence-electron chi connectivity index (χ0n) is 17.7. The van der Waals surface area contributed by atoms with Crippen LogP contribution in [-0.2, 0) is 0 Å². The SMILES string of the molecule is Cc1nnc2c(NCCCCNC(=O)c3ccccc3)nc3cc(OC(F)(F)F)ccc3n12. The molecule has 4 aromatic rings. The van der Waals surface area contributed by atoms with Crippen molar-refractivity contribution in [2.75, 3.05) is 18.4 Å². The lowest BCUT2D eigenvalue weighted by Crippen LogP contribution is -2.24. The van der Waals surface area contributed by atoms with Crippen molar-refractivity contribution >= 4 is 28.4 Å². The summed E-state index contributed by atoms with van der Waals surface area (Å²) < 4.78 is 43.5. The molecule has 0 aliphatic heterocycles. The van der Waals surface area contributed by atoms with Crippen molar-refractivity contribution in [3.05, 3.63) is 59.9 Å². The zero-order chi connectivity index (χ0) is 23.4. The predicted molar refractivity (Wildman–Crippen MR) is 116 cm³/mol. The molecule has 33 heavy (non-hydrogen) atoms. The molecular formula is C22H21F3N6O2. The van der Waals surface area contributed by atoms with Crippen LogP contribution >= 0.6 is 0 Å². The molecule has 0 saturated heterocycles. The van der Waals surface area contributed by atoms with Gasteiger partial charge in [0.25, 0.3) is 5.91 Å². The van der Waals surface area contributed by atoms with Crippen molar-refractivity contribution in [1.82, 2.24) is 24.9 Å². The molecule has 4 rings (SSSR count). The second kappa shape index (κ2) is 9.31. The van der Waals surface area contributed by atoms with Crippen molar-refractivity contribution in [3.63, 3.8) is 0 Å². The van der Waals surface area contributed by atoms with E-state index in [9.17, 15) is 18.0 Å². The molecule has 0 atom stereocenters. The van der Waals surface area contributed by atoms with E-state index in [4.69, 9.17) is 0 Å². The Bertz CT molecular complexity index is 1270. The van der Waals surface area contributed by atoms with Crippen molar-refractivity contribution in [2.24, 2.45) is 0 Å². The highest BCUT2D eigenvalue weighted by molar-refractivity contribution is 5.94. The Hall–Kier alpha value is -3.89. The number of hydrogen-bond acceptors (Lipinski definition) is 6. The van der Waals surface area contributed by atoms with Crippen molar-refractivity contribution in [2.45, 2.75) is 26.1 Å². The van der Waals surface area contributed by atoms with Crippen LogP contribution in [0.1, 0.15) is 29.0 Å². The van der Waals surface area contributed by atoms with Gasteiger partial charge in [0.05, 0.1) is 11.0 Å². The number of carbonyl (C=O) groups excluding carboxylic acids is 1. The number of anilines is 1. The number of benzene rings is 2. The van der Waals surface area contributed by atoms with Gasteiger partial charge >= 0.3 is 6.36 Å². The number of rotatable bonds is 8. The number of fused-ring (bicyclic) bond motifs is 3. The topological polar surface area (TPSA) is 93.4 Å². The number of unbranched alkanes of at least 4 members (excludes halogenated alkanes) is 1. The number of aryl methyl sites for hydroxylation is 1. The van der Waals surface area contributed by atoms with Crippen molar-refractivity contribution in [1.29, 1.82) is 0 Å². The molecule has 2 aromatic heterocycles. The minimum atomic E-state index is -4.79. The number of alkyl halides is 3. The van der Waals surface area contributed by atoms with E-state index in [1.807, 2.05) is 6.07 Å². The molecule has 0 bridgehead atoms. The molecule has 11 heteroatoms. The van der Waals surface area contributed by atoms with Crippen LogP contribution in [0.15, 0.2) is 48.5 Å². The van der Waals surface area contributed by atoms with E-state index < -0.39 is 6.36 Å². The number of carbonyl (C=O) groups is 1. The Morgan fingerprint density at radius 2 is 1.82 bits per heavy atom. The molecule has 1 amide bonds. The first-order valence-corrected chi connectivity index (χ1v) is 10.3. The van der Waals surface area contributed by atoms with Gasteiger partial charge in [0.2, 0.25) is 5.65 Å². The molecule has 0 aliphatic rings. The third-order valence-corrected chi connectivity index (χ3v) is 4.91. The highest BCUT2D eigenvalue weighted by atomic mass is 19.4. The summed E-state index contributed by atoms with van der Waals surface area (Å²) in [6.07, 6.45) is -3.34. The van der Waals surface area contributed by atoms with E-state index >= 15 is 0 Å². The molecule has 2 aromatic carbocycles. The quantitative estimate of drug-likeness (QED) is 0.386. The summed E-state index contributed by atoms with van der Waals surface area (Å²) in [4.78, 5) is 16.5. The lowest BCUT2D eigenvalue weighted by atomic mass is 10.2. The van der Waals surface area contributed by atoms with E-state index in [1.54, 1.807) is 35.6 Å². The first-order valence-electron chi connectivity index (χ1n) is 10.3. The highest BCUT2D eigenvalue weighted by Crippen LogP contribution is 2.28. The summed E-state index contributed by atoms with van der Waals surface area (Å²) >= 11 is 0. The Kier molecular flexibility index (Phi) is 6.29. The number of amides is 1. The summed E-state index contributed by atoms with van der Waals surface area (Å²) in [5.74, 6) is 0.499. The third-order valence-electron chi connectivity index (χ3n) is 4.91. The Morgan fingerprint density at radius 1 is 1.06 bits per heavy atom. The Morgan fingerprint density at radius 3 is 2.58 bits per heavy atom. The average Bonchev–Trinajstić information content (AvgIpc) is 3.17. The van der Waals surface area contributed by atoms with Gasteiger partial charge in [0, 0.05) is 24.7 Å². The van der Waals surface area contributed by atoms with Crippen molar-refractivity contribution < 1.29 is 22.7 Å². The Labute approximate surface area is 186 Å². The fraction of sp³-hybridized carbons (Fsp3) is 0.273. The van der Waals surface area contributed by atoms with Gasteiger partial charge in [-0.05, 0) is 44.0 Å². The first kappa shape index (κ1) is 22.3. The fourth-order valence-corrected chi connectivity index (χ4v) is 3.42. The molecule has 0 radical (unpaired) electrons. The van der Waals surface area contributed by atoms with E-state index in [2.05, 4.69) is 30.6 Å². The van der Waals surface area contributed by atoms with E-state index in [-0.39, 0.29) is 11.7 Å². The molecule has 2 N–H and O–H groups in total. The Balaban J connectivity index is 1.41. The number of ether oxygens (including phenoxy) is 1. The minimum Gasteiger partial charge on any atom is -0.406 e. The maximum absolute atomic E-state index is 12.6. The third kappa shape index (κ3) is 5.30. The number of nitrogens with one attached hydrogen (secondary N) is 2. The van der Waals surface area contributed by atoms with Gasteiger partial charge in [0.15, 0.2) is 5.82 Å². The molecule has 8 nitrogen and oxygen atoms in total. The van der Waals surface area contributed by atoms with Gasteiger partial charge in [-0.3, -0.25) is 9.20 Å². The number of aromatic nitrogens is 4. The van der Waals surface area contributed by atoms with Crippen LogP contribution in [-0.4, -0.2) is 44.9 Å². The van der Waals surface area contributed by atoms with Crippen LogP contribution in [0.5, 0.6) is 5.75 Å². The van der Waals surface area contributed by atoms with Gasteiger partial charge in [-0.2, -0.15) is 0 Å². The maximum atomic E-state index is 12.6. The molecule has 0 saturated carbocycles. The second-order valence-corrected chi connectivity index (χ2v) is 7.32. The van der Waals surface area contributed by atoms with Crippen LogP contribution in [0.2, 0.25) is 0 Å². The summed E-state index contributed by atoms with van der Waals surface area (Å²) in [5.41, 5.74) is 1.96. The van der Waals surface area contributed by atoms with Crippen LogP contribution in [0.3, 0.4) is 0 Å². The van der Waals surface area contributed by atoms with Crippen LogP contribution in [0.25, 0.3) is 16.7 Å². The van der Waals surface area contributed by atoms with Crippen molar-refractivity contribution in [3.8, 4) is 5.75 Å². The maximum Gasteiger partial charge on any atom is 0.573 e. The number of halogens is 3. The summed E-state index contributed by atoms with van der Waals surface area (Å²) in [5, 5.41) is 14.2. The molecule has 0 aliphatic carbocycles. The van der Waals surface area contributed by atoms with Gasteiger partial charge in [0.1, 0.15) is 11.6 Å². The van der Waals surface area contributed by atoms with Crippen LogP contribution in [0.4, 0.5) is 19.0 Å².